The Balaban J connectivity index is 0.000000177. The number of hydrogen-bond donors (Lipinski definition) is 0. The van der Waals surface area contributed by atoms with E-state index in [-0.39, 0.29) is 9.79 Å². The Morgan fingerprint density at radius 2 is 0.605 bits per heavy atom. The molecule has 0 heterocycles. The molecule has 5 rings (SSSR count). The molecule has 0 saturated heterocycles. The van der Waals surface area contributed by atoms with Crippen LogP contribution >= 0.6 is 0 Å². The monoisotopic (exact) mass is 735 g/mol. The van der Waals surface area contributed by atoms with Crippen LogP contribution in [0, 0.1) is 5.08 Å². The predicted molar refractivity (Wildman–Crippen MR) is 156 cm³/mol. The Morgan fingerprint density at radius 1 is 0.368 bits per heavy atom. The minimum absolute atomic E-state index is 0.0468. The van der Waals surface area contributed by atoms with Gasteiger partial charge in [-0.2, -0.15) is 0 Å². The van der Waals surface area contributed by atoms with Gasteiger partial charge in [0, 0.05) is 9.79 Å². The van der Waals surface area contributed by atoms with Crippen LogP contribution in [0.3, 0.4) is 0 Å². The summed E-state index contributed by atoms with van der Waals surface area (Å²) in [5.41, 5.74) is 0. The van der Waals surface area contributed by atoms with E-state index >= 15 is 0 Å². The minimum atomic E-state index is -3.98. The van der Waals surface area contributed by atoms with Gasteiger partial charge in [-0.1, -0.05) is 41.5 Å². The number of hydrogen-bond acceptors (Lipinski definition) is 4. The summed E-state index contributed by atoms with van der Waals surface area (Å²) >= 11 is -2.06. The van der Waals surface area contributed by atoms with Gasteiger partial charge >= 0.3 is 123 Å². The molecule has 192 valence electrons. The Kier molecular flexibility index (Phi) is 9.62. The first-order chi connectivity index (χ1) is 18.4. The number of benzene rings is 5. The Hall–Kier alpha value is -3.12. The van der Waals surface area contributed by atoms with Crippen molar-refractivity contribution in [3.05, 3.63) is 157 Å². The van der Waals surface area contributed by atoms with Crippen LogP contribution in [0.5, 0.6) is 0 Å². The Morgan fingerprint density at radius 3 is 0.868 bits per heavy atom. The van der Waals surface area contributed by atoms with Gasteiger partial charge < -0.3 is 0 Å². The summed E-state index contributed by atoms with van der Waals surface area (Å²) in [6, 6.07) is 47.9. The van der Waals surface area contributed by atoms with Crippen LogP contribution in [0.2, 0.25) is 0 Å². The molecule has 0 radical (unpaired) electrons. The quantitative estimate of drug-likeness (QED) is 0.185. The second-order valence-corrected chi connectivity index (χ2v) is 20.7. The molecular formula is C31H26BiO4S2-. The van der Waals surface area contributed by atoms with Crippen molar-refractivity contribution >= 4 is 51.2 Å². The molecule has 0 spiro atoms. The molecule has 4 nitrogen and oxygen atoms in total. The van der Waals surface area contributed by atoms with Crippen LogP contribution in [-0.4, -0.2) is 38.6 Å². The fraction of sp³-hybridized carbons (Fsp3) is 0. The van der Waals surface area contributed by atoms with Crippen LogP contribution in [0.25, 0.3) is 0 Å². The second-order valence-electron chi connectivity index (χ2n) is 8.15. The third-order valence-electron chi connectivity index (χ3n) is 5.44. The van der Waals surface area contributed by atoms with Crippen molar-refractivity contribution in [2.75, 3.05) is 0 Å². The van der Waals surface area contributed by atoms with Gasteiger partial charge in [-0.3, -0.25) is 16.8 Å². The molecule has 0 atom stereocenters. The van der Waals surface area contributed by atoms with Crippen molar-refractivity contribution in [3.63, 3.8) is 0 Å². The first kappa shape index (κ1) is 27.9. The molecule has 5 aromatic carbocycles. The summed E-state index contributed by atoms with van der Waals surface area (Å²) in [5.74, 6) is 0. The Labute approximate surface area is 233 Å². The van der Waals surface area contributed by atoms with Gasteiger partial charge in [0.15, 0.2) is 0 Å². The summed E-state index contributed by atoms with van der Waals surface area (Å²) in [6.07, 6.45) is 0. The predicted octanol–water partition coefficient (Wildman–Crippen LogP) is 4.26. The summed E-state index contributed by atoms with van der Waals surface area (Å²) in [7, 11) is -7.96. The molecular weight excluding hydrogens is 709 g/mol. The number of rotatable bonds is 7. The number of sulfone groups is 2. The van der Waals surface area contributed by atoms with Crippen LogP contribution in [0.15, 0.2) is 161 Å². The molecule has 0 fully saturated rings. The van der Waals surface area contributed by atoms with E-state index in [0.29, 0.717) is 5.08 Å². The first-order valence-corrected chi connectivity index (χ1v) is 20.1. The molecule has 0 aliphatic carbocycles. The molecule has 38 heavy (non-hydrogen) atoms. The van der Waals surface area contributed by atoms with Gasteiger partial charge in [-0.15, -0.1) is 0 Å². The Bertz CT molecular complexity index is 1470. The van der Waals surface area contributed by atoms with Gasteiger partial charge in [0.25, 0.3) is 0 Å². The van der Waals surface area contributed by atoms with Crippen molar-refractivity contribution in [1.29, 1.82) is 0 Å². The van der Waals surface area contributed by atoms with Crippen molar-refractivity contribution < 1.29 is 16.8 Å². The topological polar surface area (TPSA) is 68.3 Å². The second kappa shape index (κ2) is 13.1. The van der Waals surface area contributed by atoms with E-state index in [0.717, 1.165) is 0 Å². The van der Waals surface area contributed by atoms with Crippen LogP contribution in [-0.2, 0) is 19.7 Å². The summed E-state index contributed by atoms with van der Waals surface area (Å²) in [6.45, 7) is 0. The van der Waals surface area contributed by atoms with Gasteiger partial charge in [0.05, 0.1) is 19.7 Å². The normalized spacial score (nSPS) is 11.4. The average molecular weight is 736 g/mol. The molecule has 7 heteroatoms. The van der Waals surface area contributed by atoms with Gasteiger partial charge in [0.2, 0.25) is 0 Å². The standard InChI is InChI=1S/C13H11O4S2.3C6H5.Bi/c14-18(15,12-7-3-1-4-8-12)11-19(16,17)13-9-5-2-6-10-13;3*1-2-4-6-5-3-1;/h1-11H;3*1-5H;/q-1;;;;. The summed E-state index contributed by atoms with van der Waals surface area (Å²) in [5, 5.41) is 0.394. The SMILES string of the molecule is O=S(=O)([CH-]S(=O)(=O)c1ccccc1)c1ccccc1.c1cc[c]([Bi]([c]2ccccc2)[c]2ccccc2)cc1. The molecule has 0 aliphatic rings. The van der Waals surface area contributed by atoms with E-state index in [1.807, 2.05) is 0 Å². The molecule has 5 aromatic rings. The third kappa shape index (κ3) is 7.47. The maximum atomic E-state index is 12.0. The first-order valence-electron chi connectivity index (χ1n) is 11.8. The molecule has 0 unspecified atom stereocenters. The zero-order chi connectivity index (χ0) is 26.8. The molecule has 0 amide bonds. The fourth-order valence-electron chi connectivity index (χ4n) is 3.68. The summed E-state index contributed by atoms with van der Waals surface area (Å²) < 4.78 is 52.6. The zero-order valence-corrected chi connectivity index (χ0v) is 25.5. The van der Waals surface area contributed by atoms with Crippen LogP contribution < -0.4 is 9.81 Å². The van der Waals surface area contributed by atoms with E-state index in [9.17, 15) is 16.8 Å². The van der Waals surface area contributed by atoms with E-state index < -0.39 is 41.4 Å². The van der Waals surface area contributed by atoms with E-state index in [2.05, 4.69) is 91.0 Å². The van der Waals surface area contributed by atoms with Gasteiger partial charge in [-0.05, 0) is 24.3 Å². The van der Waals surface area contributed by atoms with E-state index in [1.54, 1.807) is 12.1 Å². The zero-order valence-electron chi connectivity index (χ0n) is 20.4. The van der Waals surface area contributed by atoms with Crippen LogP contribution in [0.1, 0.15) is 0 Å². The van der Waals surface area contributed by atoms with E-state index in [4.69, 9.17) is 0 Å². The third-order valence-corrected chi connectivity index (χ3v) is 18.8. The van der Waals surface area contributed by atoms with Crippen molar-refractivity contribution in [3.8, 4) is 0 Å². The van der Waals surface area contributed by atoms with Crippen molar-refractivity contribution in [2.24, 2.45) is 0 Å². The molecule has 0 saturated carbocycles. The maximum absolute atomic E-state index is 12.0. The summed E-state index contributed by atoms with van der Waals surface area (Å²) in [4.78, 5) is -0.0935. The van der Waals surface area contributed by atoms with Crippen molar-refractivity contribution in [2.45, 2.75) is 9.79 Å². The molecule has 0 aromatic heterocycles. The van der Waals surface area contributed by atoms with Crippen LogP contribution in [0.4, 0.5) is 0 Å². The molecule has 0 aliphatic heterocycles. The van der Waals surface area contributed by atoms with Gasteiger partial charge in [0.1, 0.15) is 0 Å². The van der Waals surface area contributed by atoms with E-state index in [1.165, 1.54) is 58.3 Å². The fourth-order valence-corrected chi connectivity index (χ4v) is 15.9. The van der Waals surface area contributed by atoms with Gasteiger partial charge in [-0.25, -0.2) is 0 Å². The average Bonchev–Trinajstić information content (AvgIpc) is 2.96. The molecule has 0 bridgehead atoms. The van der Waals surface area contributed by atoms with Crippen molar-refractivity contribution in [1.82, 2.24) is 0 Å². The molecule has 0 N–H and O–H groups in total.